The monoisotopic (exact) mass is 488 g/mol. The lowest BCUT2D eigenvalue weighted by Crippen LogP contribution is -2.25. The van der Waals surface area contributed by atoms with E-state index in [1.165, 1.54) is 29.0 Å². The highest BCUT2D eigenvalue weighted by atomic mass is 35.5. The Bertz CT molecular complexity index is 1360. The summed E-state index contributed by atoms with van der Waals surface area (Å²) < 4.78 is 14.8. The van der Waals surface area contributed by atoms with E-state index in [4.69, 9.17) is 23.2 Å². The minimum absolute atomic E-state index is 0.0329. The fourth-order valence-corrected chi connectivity index (χ4v) is 4.20. The van der Waals surface area contributed by atoms with E-state index in [0.29, 0.717) is 21.1 Å². The van der Waals surface area contributed by atoms with E-state index in [0.717, 1.165) is 17.3 Å². The van der Waals surface area contributed by atoms with E-state index >= 15 is 0 Å². The topological polar surface area (TPSA) is 76.9 Å². The molecule has 0 saturated carbocycles. The average molecular weight is 489 g/mol. The molecule has 2 aromatic carbocycles. The Morgan fingerprint density at radius 2 is 1.88 bits per heavy atom. The van der Waals surface area contributed by atoms with Crippen molar-refractivity contribution in [2.45, 2.75) is 11.7 Å². The number of halogens is 3. The molecule has 6 nitrogen and oxygen atoms in total. The van der Waals surface area contributed by atoms with Crippen LogP contribution in [0.4, 0.5) is 10.2 Å². The van der Waals surface area contributed by atoms with Crippen LogP contribution in [0.25, 0.3) is 10.9 Å². The summed E-state index contributed by atoms with van der Waals surface area (Å²) in [4.78, 5) is 34.2. The molecular formula is C22H15Cl2FN4O2S. The summed E-state index contributed by atoms with van der Waals surface area (Å²) in [5.41, 5.74) is 1.01. The van der Waals surface area contributed by atoms with Gasteiger partial charge in [-0.15, -0.1) is 0 Å². The Morgan fingerprint density at radius 1 is 1.12 bits per heavy atom. The number of carbonyl (C=O) groups excluding carboxylic acids is 1. The highest BCUT2D eigenvalue weighted by molar-refractivity contribution is 7.99. The van der Waals surface area contributed by atoms with Crippen LogP contribution in [0, 0.1) is 5.82 Å². The number of pyridine rings is 1. The van der Waals surface area contributed by atoms with Gasteiger partial charge in [-0.05, 0) is 35.9 Å². The second-order valence-electron chi connectivity index (χ2n) is 6.75. The molecule has 4 aromatic rings. The summed E-state index contributed by atoms with van der Waals surface area (Å²) in [7, 11) is 0. The van der Waals surface area contributed by atoms with E-state index in [-0.39, 0.29) is 40.4 Å². The molecule has 0 aliphatic rings. The smallest absolute Gasteiger partial charge is 0.262 e. The highest BCUT2D eigenvalue weighted by Crippen LogP contribution is 2.24. The zero-order chi connectivity index (χ0) is 22.7. The summed E-state index contributed by atoms with van der Waals surface area (Å²) in [6.07, 6.45) is 1.38. The number of anilines is 1. The van der Waals surface area contributed by atoms with Gasteiger partial charge in [-0.25, -0.2) is 14.4 Å². The van der Waals surface area contributed by atoms with Crippen molar-refractivity contribution in [1.29, 1.82) is 0 Å². The second-order valence-corrected chi connectivity index (χ2v) is 8.54. The van der Waals surface area contributed by atoms with Gasteiger partial charge < -0.3 is 5.32 Å². The van der Waals surface area contributed by atoms with Crippen LogP contribution in [0.2, 0.25) is 10.0 Å². The fourth-order valence-electron chi connectivity index (χ4n) is 2.97. The van der Waals surface area contributed by atoms with Crippen molar-refractivity contribution < 1.29 is 9.18 Å². The van der Waals surface area contributed by atoms with Crippen molar-refractivity contribution in [3.8, 4) is 0 Å². The Hall–Kier alpha value is -2.94. The van der Waals surface area contributed by atoms with Crippen molar-refractivity contribution in [2.24, 2.45) is 0 Å². The maximum Gasteiger partial charge on any atom is 0.262 e. The first-order valence-corrected chi connectivity index (χ1v) is 11.1. The summed E-state index contributed by atoms with van der Waals surface area (Å²) in [6.45, 7) is 0.186. The number of benzene rings is 2. The lowest BCUT2D eigenvalue weighted by molar-refractivity contribution is -0.113. The minimum Gasteiger partial charge on any atom is -0.309 e. The van der Waals surface area contributed by atoms with Gasteiger partial charge in [-0.1, -0.05) is 59.2 Å². The highest BCUT2D eigenvalue weighted by Gasteiger charge is 2.15. The zero-order valence-corrected chi connectivity index (χ0v) is 18.7. The minimum atomic E-state index is -0.373. The molecule has 0 aliphatic heterocycles. The summed E-state index contributed by atoms with van der Waals surface area (Å²) in [5, 5.41) is 4.01. The summed E-state index contributed by atoms with van der Waals surface area (Å²) >= 11 is 13.0. The van der Waals surface area contributed by atoms with Crippen LogP contribution in [-0.4, -0.2) is 26.2 Å². The summed E-state index contributed by atoms with van der Waals surface area (Å²) in [5.74, 6) is -0.577. The van der Waals surface area contributed by atoms with Gasteiger partial charge >= 0.3 is 0 Å². The number of hydrogen-bond donors (Lipinski definition) is 1. The molecule has 32 heavy (non-hydrogen) atoms. The molecule has 2 heterocycles. The SMILES string of the molecule is O=C(CSc1nc2ccccc2c(=O)n1Cc1ccc(F)cc1)Nc1ncc(Cl)cc1Cl. The van der Waals surface area contributed by atoms with Crippen molar-refractivity contribution in [1.82, 2.24) is 14.5 Å². The van der Waals surface area contributed by atoms with Crippen LogP contribution in [0.3, 0.4) is 0 Å². The van der Waals surface area contributed by atoms with Gasteiger partial charge in [0.15, 0.2) is 11.0 Å². The lowest BCUT2D eigenvalue weighted by Gasteiger charge is -2.13. The first kappa shape index (κ1) is 22.3. The predicted molar refractivity (Wildman–Crippen MR) is 125 cm³/mol. The van der Waals surface area contributed by atoms with Crippen LogP contribution in [0.15, 0.2) is 70.7 Å². The molecule has 0 bridgehead atoms. The van der Waals surface area contributed by atoms with Gasteiger partial charge in [-0.2, -0.15) is 0 Å². The number of nitrogens with zero attached hydrogens (tertiary/aromatic N) is 3. The maximum atomic E-state index is 13.3. The number of hydrogen-bond acceptors (Lipinski definition) is 5. The molecule has 4 rings (SSSR count). The van der Waals surface area contributed by atoms with Crippen molar-refractivity contribution in [3.05, 3.63) is 92.6 Å². The number of amides is 1. The van der Waals surface area contributed by atoms with Gasteiger partial charge in [-0.3, -0.25) is 14.2 Å². The molecule has 1 N–H and O–H groups in total. The number of fused-ring (bicyclic) bond motifs is 1. The Balaban J connectivity index is 1.61. The second kappa shape index (κ2) is 9.68. The molecule has 10 heteroatoms. The van der Waals surface area contributed by atoms with Crippen LogP contribution < -0.4 is 10.9 Å². The predicted octanol–water partition coefficient (Wildman–Crippen LogP) is 5.02. The quantitative estimate of drug-likeness (QED) is 0.304. The Kier molecular flexibility index (Phi) is 6.74. The number of carbonyl (C=O) groups is 1. The van der Waals surface area contributed by atoms with E-state index in [1.807, 2.05) is 0 Å². The van der Waals surface area contributed by atoms with Crippen LogP contribution in [0.5, 0.6) is 0 Å². The first-order chi connectivity index (χ1) is 15.4. The van der Waals surface area contributed by atoms with E-state index in [2.05, 4.69) is 15.3 Å². The molecule has 0 atom stereocenters. The van der Waals surface area contributed by atoms with Gasteiger partial charge in [0.05, 0.1) is 33.2 Å². The molecule has 1 amide bonds. The standard InChI is InChI=1S/C22H15Cl2FN4O2S/c23-14-9-17(24)20(26-10-14)28-19(30)12-32-22-27-18-4-2-1-3-16(18)21(31)29(22)11-13-5-7-15(25)8-6-13/h1-10H,11-12H2,(H,26,28,30). The van der Waals surface area contributed by atoms with Gasteiger partial charge in [0.1, 0.15) is 5.82 Å². The van der Waals surface area contributed by atoms with Gasteiger partial charge in [0, 0.05) is 6.20 Å². The number of para-hydroxylation sites is 1. The van der Waals surface area contributed by atoms with E-state index < -0.39 is 0 Å². The number of thioether (sulfide) groups is 1. The largest absolute Gasteiger partial charge is 0.309 e. The van der Waals surface area contributed by atoms with Crippen LogP contribution in [-0.2, 0) is 11.3 Å². The van der Waals surface area contributed by atoms with Crippen molar-refractivity contribution in [3.63, 3.8) is 0 Å². The van der Waals surface area contributed by atoms with Crippen molar-refractivity contribution >= 4 is 57.6 Å². The van der Waals surface area contributed by atoms with E-state index in [1.54, 1.807) is 36.4 Å². The number of aromatic nitrogens is 3. The molecule has 162 valence electrons. The average Bonchev–Trinajstić information content (AvgIpc) is 2.78. The first-order valence-electron chi connectivity index (χ1n) is 9.38. The molecule has 0 unspecified atom stereocenters. The maximum absolute atomic E-state index is 13.3. The van der Waals surface area contributed by atoms with Gasteiger partial charge in [0.25, 0.3) is 5.56 Å². The molecule has 2 aromatic heterocycles. The normalized spacial score (nSPS) is 11.0. The summed E-state index contributed by atoms with van der Waals surface area (Å²) in [6, 6.07) is 14.3. The lowest BCUT2D eigenvalue weighted by atomic mass is 10.2. The molecule has 0 radical (unpaired) electrons. The van der Waals surface area contributed by atoms with Crippen LogP contribution in [0.1, 0.15) is 5.56 Å². The molecular weight excluding hydrogens is 474 g/mol. The number of rotatable bonds is 6. The molecule has 0 spiro atoms. The third-order valence-electron chi connectivity index (χ3n) is 4.48. The zero-order valence-electron chi connectivity index (χ0n) is 16.4. The Morgan fingerprint density at radius 3 is 2.62 bits per heavy atom. The fraction of sp³-hybridized carbons (Fsp3) is 0.0909. The molecule has 0 saturated heterocycles. The molecule has 0 fully saturated rings. The third kappa shape index (κ3) is 5.09. The van der Waals surface area contributed by atoms with Crippen LogP contribution >= 0.6 is 35.0 Å². The van der Waals surface area contributed by atoms with E-state index in [9.17, 15) is 14.0 Å². The third-order valence-corrected chi connectivity index (χ3v) is 5.95. The Labute approximate surface area is 196 Å². The van der Waals surface area contributed by atoms with Crippen molar-refractivity contribution in [2.75, 3.05) is 11.1 Å². The number of nitrogens with one attached hydrogen (secondary N) is 1. The molecule has 0 aliphatic carbocycles. The van der Waals surface area contributed by atoms with Gasteiger partial charge in [0.2, 0.25) is 5.91 Å².